The molecule has 56 heavy (non-hydrogen) atoms. The molecule has 0 spiro atoms. The van der Waals surface area contributed by atoms with Gasteiger partial charge in [-0.15, -0.1) is 11.3 Å². The highest BCUT2D eigenvalue weighted by molar-refractivity contribution is 7.26. The molecular weight excluding hydrogens is 699 g/mol. The van der Waals surface area contributed by atoms with E-state index in [4.69, 9.17) is 9.97 Å². The Bertz CT molecular complexity index is 3380. The lowest BCUT2D eigenvalue weighted by molar-refractivity contribution is 1.01. The van der Waals surface area contributed by atoms with Crippen LogP contribution >= 0.6 is 11.3 Å². The van der Waals surface area contributed by atoms with E-state index in [9.17, 15) is 0 Å². The zero-order valence-electron chi connectivity index (χ0n) is 31.0. The summed E-state index contributed by atoms with van der Waals surface area (Å²) in [4.78, 5) is 10.8. The van der Waals surface area contributed by atoms with Gasteiger partial charge in [0.15, 0.2) is 0 Å². The molecule has 11 aromatic rings. The van der Waals surface area contributed by atoms with E-state index in [-0.39, 0.29) is 0 Å². The standard InChI is InChI=1S/C52H35N3S/c1-3-12-41-39(38-16-7-4-13-32(38)2)27-29-45-48(41)49-46(30-28-42-40-17-9-11-20-47(40)56-51(42)49)55(45)52-53-44-19-10-8-18-43(44)50(54-52)35-24-21-34(22-25-35)37-26-23-33-14-5-6-15-36(33)31-37/h3-31H,1-2H3/b12-3+. The Morgan fingerprint density at radius 1 is 0.536 bits per heavy atom. The van der Waals surface area contributed by atoms with Crippen LogP contribution in [-0.4, -0.2) is 14.5 Å². The van der Waals surface area contributed by atoms with Crippen molar-refractivity contribution in [1.29, 1.82) is 0 Å². The molecular formula is C52H35N3S. The van der Waals surface area contributed by atoms with Gasteiger partial charge in [0.1, 0.15) is 0 Å². The minimum atomic E-state index is 0.660. The average molecular weight is 734 g/mol. The van der Waals surface area contributed by atoms with Gasteiger partial charge in [-0.1, -0.05) is 146 Å². The maximum atomic E-state index is 5.49. The molecule has 0 aliphatic rings. The first-order chi connectivity index (χ1) is 27.6. The molecule has 3 aromatic heterocycles. The second-order valence-electron chi connectivity index (χ2n) is 14.5. The molecule has 264 valence electrons. The van der Waals surface area contributed by atoms with Crippen molar-refractivity contribution in [1.82, 2.24) is 14.5 Å². The fourth-order valence-corrected chi connectivity index (χ4v) is 9.88. The van der Waals surface area contributed by atoms with Crippen LogP contribution in [0.2, 0.25) is 0 Å². The number of nitrogens with zero attached hydrogens (tertiary/aromatic N) is 3. The van der Waals surface area contributed by atoms with Crippen LogP contribution < -0.4 is 0 Å². The minimum absolute atomic E-state index is 0.660. The lowest BCUT2D eigenvalue weighted by Crippen LogP contribution is -2.03. The fraction of sp³-hybridized carbons (Fsp3) is 0.0385. The molecule has 0 saturated heterocycles. The van der Waals surface area contributed by atoms with Gasteiger partial charge < -0.3 is 0 Å². The second-order valence-corrected chi connectivity index (χ2v) is 15.6. The molecule has 8 aromatic carbocycles. The Labute approximate surface area is 328 Å². The SMILES string of the molecule is C/C=C/c1c(-c2ccccc2C)ccc2c1c1c3sc4ccccc4c3ccc1n2-c1nc(-c2ccc(-c3ccc4ccccc4c3)cc2)c2ccccc2n1. The van der Waals surface area contributed by atoms with Crippen LogP contribution in [0.25, 0.3) is 109 Å². The quantitative estimate of drug-likeness (QED) is 0.176. The van der Waals surface area contributed by atoms with E-state index in [1.807, 2.05) is 11.3 Å². The molecule has 11 rings (SSSR count). The Hall–Kier alpha value is -6.88. The molecule has 0 atom stereocenters. The highest BCUT2D eigenvalue weighted by atomic mass is 32.1. The van der Waals surface area contributed by atoms with Gasteiger partial charge in [-0.05, 0) is 88.3 Å². The number of rotatable bonds is 5. The van der Waals surface area contributed by atoms with Crippen molar-refractivity contribution in [3.63, 3.8) is 0 Å². The van der Waals surface area contributed by atoms with Crippen molar-refractivity contribution in [3.05, 3.63) is 181 Å². The molecule has 0 fully saturated rings. The minimum Gasteiger partial charge on any atom is -0.278 e. The van der Waals surface area contributed by atoms with Gasteiger partial charge >= 0.3 is 0 Å². The third-order valence-corrected chi connectivity index (χ3v) is 12.5. The maximum absolute atomic E-state index is 5.49. The van der Waals surface area contributed by atoms with Gasteiger partial charge in [0, 0.05) is 41.9 Å². The van der Waals surface area contributed by atoms with E-state index in [0.29, 0.717) is 5.95 Å². The summed E-state index contributed by atoms with van der Waals surface area (Å²) in [7, 11) is 0. The van der Waals surface area contributed by atoms with Gasteiger partial charge in [0.2, 0.25) is 5.95 Å². The number of aryl methyl sites for hydroxylation is 1. The molecule has 3 nitrogen and oxygen atoms in total. The molecule has 0 amide bonds. The number of fused-ring (bicyclic) bond motifs is 9. The smallest absolute Gasteiger partial charge is 0.235 e. The van der Waals surface area contributed by atoms with Crippen molar-refractivity contribution in [2.24, 2.45) is 0 Å². The number of hydrogen-bond acceptors (Lipinski definition) is 3. The van der Waals surface area contributed by atoms with Gasteiger partial charge in [0.25, 0.3) is 0 Å². The lowest BCUT2D eigenvalue weighted by atomic mass is 9.92. The first-order valence-electron chi connectivity index (χ1n) is 19.1. The van der Waals surface area contributed by atoms with Crippen molar-refractivity contribution in [3.8, 4) is 39.5 Å². The molecule has 0 saturated carbocycles. The van der Waals surface area contributed by atoms with E-state index in [2.05, 4.69) is 194 Å². The largest absolute Gasteiger partial charge is 0.278 e. The highest BCUT2D eigenvalue weighted by Gasteiger charge is 2.23. The average Bonchev–Trinajstić information content (AvgIpc) is 3.80. The van der Waals surface area contributed by atoms with E-state index >= 15 is 0 Å². The summed E-state index contributed by atoms with van der Waals surface area (Å²) in [5.41, 5.74) is 12.4. The normalized spacial score (nSPS) is 12.0. The molecule has 0 bridgehead atoms. The molecule has 3 heterocycles. The van der Waals surface area contributed by atoms with E-state index < -0.39 is 0 Å². The molecule has 0 aliphatic carbocycles. The predicted octanol–water partition coefficient (Wildman–Crippen LogP) is 14.6. The summed E-state index contributed by atoms with van der Waals surface area (Å²) in [5.74, 6) is 0.660. The van der Waals surface area contributed by atoms with E-state index in [1.54, 1.807) is 0 Å². The number of aromatic nitrogens is 3. The Kier molecular flexibility index (Phi) is 7.48. The maximum Gasteiger partial charge on any atom is 0.235 e. The summed E-state index contributed by atoms with van der Waals surface area (Å²) in [5, 5.41) is 8.53. The van der Waals surface area contributed by atoms with Gasteiger partial charge in [0.05, 0.1) is 22.2 Å². The summed E-state index contributed by atoms with van der Waals surface area (Å²) < 4.78 is 4.86. The monoisotopic (exact) mass is 733 g/mol. The van der Waals surface area contributed by atoms with Crippen LogP contribution in [0.5, 0.6) is 0 Å². The zero-order chi connectivity index (χ0) is 37.3. The van der Waals surface area contributed by atoms with Crippen LogP contribution in [-0.2, 0) is 0 Å². The van der Waals surface area contributed by atoms with Crippen LogP contribution in [0.1, 0.15) is 18.1 Å². The number of allylic oxidation sites excluding steroid dienone is 1. The molecule has 0 N–H and O–H groups in total. The second kappa shape index (κ2) is 12.9. The summed E-state index contributed by atoms with van der Waals surface area (Å²) in [6.07, 6.45) is 4.45. The number of thiophene rings is 1. The van der Waals surface area contributed by atoms with E-state index in [0.717, 1.165) is 33.2 Å². The Morgan fingerprint density at radius 3 is 2.09 bits per heavy atom. The first kappa shape index (κ1) is 32.5. The first-order valence-corrected chi connectivity index (χ1v) is 19.9. The number of hydrogen-bond donors (Lipinski definition) is 0. The van der Waals surface area contributed by atoms with Crippen LogP contribution in [0.4, 0.5) is 0 Å². The molecule has 0 unspecified atom stereocenters. The third-order valence-electron chi connectivity index (χ3n) is 11.3. The fourth-order valence-electron chi connectivity index (χ4n) is 8.63. The summed E-state index contributed by atoms with van der Waals surface area (Å²) >= 11 is 1.87. The lowest BCUT2D eigenvalue weighted by Gasteiger charge is -2.14. The number of benzene rings is 8. The summed E-state index contributed by atoms with van der Waals surface area (Å²) in [6, 6.07) is 59.0. The predicted molar refractivity (Wildman–Crippen MR) is 240 cm³/mol. The van der Waals surface area contributed by atoms with Crippen molar-refractivity contribution < 1.29 is 0 Å². The number of para-hydroxylation sites is 1. The zero-order valence-corrected chi connectivity index (χ0v) is 31.8. The van der Waals surface area contributed by atoms with Gasteiger partial charge in [-0.25, -0.2) is 9.97 Å². The van der Waals surface area contributed by atoms with Crippen molar-refractivity contribution >= 4 is 81.1 Å². The van der Waals surface area contributed by atoms with Crippen molar-refractivity contribution in [2.75, 3.05) is 0 Å². The van der Waals surface area contributed by atoms with Gasteiger partial charge in [-0.3, -0.25) is 4.57 Å². The van der Waals surface area contributed by atoms with Crippen LogP contribution in [0.15, 0.2) is 170 Å². The van der Waals surface area contributed by atoms with E-state index in [1.165, 1.54) is 75.1 Å². The molecule has 4 heteroatoms. The Morgan fingerprint density at radius 2 is 1.23 bits per heavy atom. The summed E-state index contributed by atoms with van der Waals surface area (Å²) in [6.45, 7) is 4.31. The topological polar surface area (TPSA) is 30.7 Å². The Balaban J connectivity index is 1.18. The highest BCUT2D eigenvalue weighted by Crippen LogP contribution is 2.46. The molecule has 0 aliphatic heterocycles. The molecule has 0 radical (unpaired) electrons. The van der Waals surface area contributed by atoms with Crippen molar-refractivity contribution in [2.45, 2.75) is 13.8 Å². The third kappa shape index (κ3) is 5.03. The van der Waals surface area contributed by atoms with Gasteiger partial charge in [-0.2, -0.15) is 0 Å². The van der Waals surface area contributed by atoms with Crippen LogP contribution in [0.3, 0.4) is 0 Å². The van der Waals surface area contributed by atoms with Crippen LogP contribution in [0, 0.1) is 6.92 Å².